The van der Waals surface area contributed by atoms with Gasteiger partial charge in [-0.3, -0.25) is 0 Å². The lowest BCUT2D eigenvalue weighted by Gasteiger charge is -2.28. The molecule has 0 radical (unpaired) electrons. The molecule has 0 atom stereocenters. The maximum absolute atomic E-state index is 11.4. The molecule has 9 heteroatoms. The molecule has 0 amide bonds. The van der Waals surface area contributed by atoms with Gasteiger partial charge < -0.3 is 25.9 Å². The highest BCUT2D eigenvalue weighted by Crippen LogP contribution is 2.39. The van der Waals surface area contributed by atoms with Crippen LogP contribution < -0.4 is 10.6 Å². The second-order valence-electron chi connectivity index (χ2n) is 7.63. The van der Waals surface area contributed by atoms with Gasteiger partial charge in [-0.15, -0.1) is 11.3 Å². The summed E-state index contributed by atoms with van der Waals surface area (Å²) in [6, 6.07) is 14.3. The number of benzene rings is 2. The fraction of sp³-hybridized carbons (Fsp3) is 0.167. The first kappa shape index (κ1) is 21.0. The van der Waals surface area contributed by atoms with Crippen LogP contribution in [0.15, 0.2) is 48.5 Å². The van der Waals surface area contributed by atoms with E-state index in [1.54, 1.807) is 24.3 Å². The van der Waals surface area contributed by atoms with E-state index in [1.165, 1.54) is 17.6 Å². The third-order valence-corrected chi connectivity index (χ3v) is 6.75. The summed E-state index contributed by atoms with van der Waals surface area (Å²) < 4.78 is 6.45. The van der Waals surface area contributed by atoms with Crippen molar-refractivity contribution in [1.29, 1.82) is 5.41 Å². The number of hydrogen-bond donors (Lipinski definition) is 3. The Kier molecular flexibility index (Phi) is 5.49. The summed E-state index contributed by atoms with van der Waals surface area (Å²) in [6.45, 7) is 2.65. The first-order valence-electron chi connectivity index (χ1n) is 10.4. The van der Waals surface area contributed by atoms with Gasteiger partial charge in [0.25, 0.3) is 0 Å². The molecule has 0 spiro atoms. The van der Waals surface area contributed by atoms with Gasteiger partial charge in [-0.2, -0.15) is 0 Å². The monoisotopic (exact) mass is 459 g/mol. The number of nitrogen functional groups attached to an aromatic ring is 1. The molecular formula is C24H21N5O3S. The molecule has 4 aromatic rings. The van der Waals surface area contributed by atoms with Crippen molar-refractivity contribution >= 4 is 45.2 Å². The number of aromatic nitrogens is 2. The predicted molar refractivity (Wildman–Crippen MR) is 131 cm³/mol. The predicted octanol–water partition coefficient (Wildman–Crippen LogP) is 4.14. The zero-order valence-electron chi connectivity index (χ0n) is 17.6. The van der Waals surface area contributed by atoms with Crippen LogP contribution in [0, 0.1) is 5.41 Å². The minimum Gasteiger partial charge on any atom is -0.478 e. The maximum atomic E-state index is 11.4. The van der Waals surface area contributed by atoms with Gasteiger partial charge in [0.1, 0.15) is 0 Å². The summed E-state index contributed by atoms with van der Waals surface area (Å²) in [5, 5.41) is 17.2. The van der Waals surface area contributed by atoms with E-state index >= 15 is 0 Å². The highest BCUT2D eigenvalue weighted by Gasteiger charge is 2.22. The zero-order chi connectivity index (χ0) is 22.9. The molecule has 0 bridgehead atoms. The average Bonchev–Trinajstić information content (AvgIpc) is 3.28. The molecule has 1 fully saturated rings. The van der Waals surface area contributed by atoms with Crippen molar-refractivity contribution in [1.82, 2.24) is 9.97 Å². The number of aromatic carboxylic acids is 1. The molecule has 8 nitrogen and oxygen atoms in total. The van der Waals surface area contributed by atoms with Crippen molar-refractivity contribution in [3.8, 4) is 21.8 Å². The number of nitrogens with zero attached hydrogens (tertiary/aromatic N) is 3. The number of fused-ring (bicyclic) bond motifs is 1. The Morgan fingerprint density at radius 2 is 1.94 bits per heavy atom. The number of carbonyl (C=O) groups is 1. The minimum absolute atomic E-state index is 0.237. The van der Waals surface area contributed by atoms with Gasteiger partial charge in [-0.1, -0.05) is 24.3 Å². The molecule has 2 aromatic carbocycles. The van der Waals surface area contributed by atoms with E-state index in [0.717, 1.165) is 26.5 Å². The van der Waals surface area contributed by atoms with Crippen molar-refractivity contribution in [2.75, 3.05) is 36.9 Å². The zero-order valence-corrected chi connectivity index (χ0v) is 18.4. The highest BCUT2D eigenvalue weighted by atomic mass is 32.1. The van der Waals surface area contributed by atoms with E-state index < -0.39 is 5.97 Å². The van der Waals surface area contributed by atoms with Crippen LogP contribution in [0.4, 0.5) is 11.5 Å². The molecule has 4 N–H and O–H groups in total. The summed E-state index contributed by atoms with van der Waals surface area (Å²) in [6.07, 6.45) is 1.23. The Labute approximate surface area is 193 Å². The maximum Gasteiger partial charge on any atom is 0.335 e. The van der Waals surface area contributed by atoms with E-state index in [9.17, 15) is 9.90 Å². The standard InChI is InChI=1S/C24H21N5O3S/c25-13-17-16(5-2-6-18(17)26)22-27-19-12-20(14-3-1-4-15(11-14)24(30)31)33-21(19)23(28-22)29-7-9-32-10-8-29/h1-6,11-13,25H,7-10,26H2,(H,30,31). The average molecular weight is 460 g/mol. The second kappa shape index (κ2) is 8.61. The Bertz CT molecular complexity index is 1380. The lowest BCUT2D eigenvalue weighted by molar-refractivity contribution is 0.0697. The van der Waals surface area contributed by atoms with Crippen LogP contribution in [0.25, 0.3) is 32.0 Å². The quantitative estimate of drug-likeness (QED) is 0.302. The largest absolute Gasteiger partial charge is 0.478 e. The summed E-state index contributed by atoms with van der Waals surface area (Å²) >= 11 is 1.54. The van der Waals surface area contributed by atoms with Crippen LogP contribution >= 0.6 is 11.3 Å². The highest BCUT2D eigenvalue weighted by molar-refractivity contribution is 7.22. The summed E-state index contributed by atoms with van der Waals surface area (Å²) in [5.74, 6) is 0.343. The topological polar surface area (TPSA) is 125 Å². The molecule has 1 aliphatic heterocycles. The van der Waals surface area contributed by atoms with Crippen molar-refractivity contribution in [2.45, 2.75) is 0 Å². The lowest BCUT2D eigenvalue weighted by Crippen LogP contribution is -2.36. The van der Waals surface area contributed by atoms with Crippen molar-refractivity contribution in [3.63, 3.8) is 0 Å². The SMILES string of the molecule is N=Cc1c(N)cccc1-c1nc(N2CCOCC2)c2sc(-c3cccc(C(=O)O)c3)cc2n1. The molecule has 0 aliphatic carbocycles. The third-order valence-electron chi connectivity index (χ3n) is 5.58. The van der Waals surface area contributed by atoms with Crippen LogP contribution in [-0.2, 0) is 4.74 Å². The van der Waals surface area contributed by atoms with Gasteiger partial charge in [0.15, 0.2) is 11.6 Å². The Morgan fingerprint density at radius 1 is 1.15 bits per heavy atom. The Hall–Kier alpha value is -3.82. The van der Waals surface area contributed by atoms with E-state index in [1.807, 2.05) is 24.3 Å². The van der Waals surface area contributed by atoms with Gasteiger partial charge in [-0.05, 0) is 29.8 Å². The lowest BCUT2D eigenvalue weighted by atomic mass is 10.1. The minimum atomic E-state index is -0.963. The number of rotatable bonds is 5. The summed E-state index contributed by atoms with van der Waals surface area (Å²) in [7, 11) is 0. The molecule has 5 rings (SSSR count). The van der Waals surface area contributed by atoms with E-state index in [2.05, 4.69) is 4.90 Å². The molecule has 0 unspecified atom stereocenters. The van der Waals surface area contributed by atoms with Gasteiger partial charge in [-0.25, -0.2) is 14.8 Å². The molecule has 2 aromatic heterocycles. The summed E-state index contributed by atoms with van der Waals surface area (Å²) in [4.78, 5) is 24.3. The molecule has 0 saturated carbocycles. The van der Waals surface area contributed by atoms with Gasteiger partial charge >= 0.3 is 5.97 Å². The van der Waals surface area contributed by atoms with Crippen LogP contribution in [0.2, 0.25) is 0 Å². The fourth-order valence-electron chi connectivity index (χ4n) is 3.91. The van der Waals surface area contributed by atoms with E-state index in [0.29, 0.717) is 48.9 Å². The van der Waals surface area contributed by atoms with Gasteiger partial charge in [0.2, 0.25) is 0 Å². The number of carboxylic acid groups (broad SMARTS) is 1. The second-order valence-corrected chi connectivity index (χ2v) is 8.69. The number of morpholine rings is 1. The first-order valence-corrected chi connectivity index (χ1v) is 11.2. The van der Waals surface area contributed by atoms with E-state index in [-0.39, 0.29) is 5.56 Å². The van der Waals surface area contributed by atoms with Gasteiger partial charge in [0, 0.05) is 41.0 Å². The number of carboxylic acids is 1. The molecule has 166 valence electrons. The number of anilines is 2. The number of nitrogens with one attached hydrogen (secondary N) is 1. The molecule has 33 heavy (non-hydrogen) atoms. The van der Waals surface area contributed by atoms with E-state index in [4.69, 9.17) is 25.8 Å². The molecule has 3 heterocycles. The van der Waals surface area contributed by atoms with Crippen LogP contribution in [0.1, 0.15) is 15.9 Å². The number of hydrogen-bond acceptors (Lipinski definition) is 8. The van der Waals surface area contributed by atoms with Gasteiger partial charge in [0.05, 0.1) is 29.0 Å². The summed E-state index contributed by atoms with van der Waals surface area (Å²) in [5.41, 5.74) is 9.69. The molecular weight excluding hydrogens is 438 g/mol. The van der Waals surface area contributed by atoms with Crippen molar-refractivity contribution < 1.29 is 14.6 Å². The number of ether oxygens (including phenoxy) is 1. The van der Waals surface area contributed by atoms with Crippen molar-refractivity contribution in [2.24, 2.45) is 0 Å². The Morgan fingerprint density at radius 3 is 2.70 bits per heavy atom. The Balaban J connectivity index is 1.71. The third kappa shape index (κ3) is 3.92. The normalized spacial score (nSPS) is 13.9. The van der Waals surface area contributed by atoms with Crippen molar-refractivity contribution in [3.05, 3.63) is 59.7 Å². The van der Waals surface area contributed by atoms with Crippen LogP contribution in [-0.4, -0.2) is 53.6 Å². The number of nitrogens with two attached hydrogens (primary N) is 1. The van der Waals surface area contributed by atoms with Crippen LogP contribution in [0.3, 0.4) is 0 Å². The molecule has 1 aliphatic rings. The molecule has 1 saturated heterocycles. The smallest absolute Gasteiger partial charge is 0.335 e. The first-order chi connectivity index (χ1) is 16.0. The number of thiophene rings is 1. The van der Waals surface area contributed by atoms with Crippen LogP contribution in [0.5, 0.6) is 0 Å². The fourth-order valence-corrected chi connectivity index (χ4v) is 5.02.